The number of rotatable bonds is 2. The van der Waals surface area contributed by atoms with Gasteiger partial charge in [0.1, 0.15) is 0 Å². The summed E-state index contributed by atoms with van der Waals surface area (Å²) < 4.78 is 2.15. The second-order valence-electron chi connectivity index (χ2n) is 5.71. The second-order valence-corrected chi connectivity index (χ2v) is 5.71. The number of likely N-dealkylation sites (N-methyl/N-ethyl adjacent to an activating group) is 1. The highest BCUT2D eigenvalue weighted by atomic mass is 15.3. The number of aryl methyl sites for hydroxylation is 1. The molecule has 0 aromatic carbocycles. The number of nitrogens with zero attached hydrogens (tertiary/aromatic N) is 2. The zero-order valence-electron chi connectivity index (χ0n) is 10.8. The van der Waals surface area contributed by atoms with Crippen molar-refractivity contribution >= 4 is 0 Å². The summed E-state index contributed by atoms with van der Waals surface area (Å²) >= 11 is 0. The van der Waals surface area contributed by atoms with E-state index in [1.165, 1.54) is 24.8 Å². The highest BCUT2D eigenvalue weighted by Gasteiger charge is 2.39. The van der Waals surface area contributed by atoms with Crippen LogP contribution in [-0.4, -0.2) is 22.9 Å². The van der Waals surface area contributed by atoms with Crippen LogP contribution >= 0.6 is 0 Å². The first-order valence-electron chi connectivity index (χ1n) is 6.22. The zero-order chi connectivity index (χ0) is 11.8. The Morgan fingerprint density at radius 1 is 1.50 bits per heavy atom. The molecule has 1 aromatic heterocycles. The van der Waals surface area contributed by atoms with Crippen LogP contribution in [0, 0.1) is 12.3 Å². The van der Waals surface area contributed by atoms with Crippen molar-refractivity contribution in [1.82, 2.24) is 15.1 Å². The number of hydrogen-bond acceptors (Lipinski definition) is 2. The van der Waals surface area contributed by atoms with Gasteiger partial charge in [-0.15, -0.1) is 0 Å². The van der Waals surface area contributed by atoms with Crippen molar-refractivity contribution in [2.45, 2.75) is 52.1 Å². The molecule has 1 heterocycles. The Bertz CT molecular complexity index is 354. The number of nitrogens with one attached hydrogen (secondary N) is 1. The van der Waals surface area contributed by atoms with E-state index in [1.54, 1.807) is 0 Å². The molecule has 16 heavy (non-hydrogen) atoms. The van der Waals surface area contributed by atoms with Crippen molar-refractivity contribution in [1.29, 1.82) is 0 Å². The minimum absolute atomic E-state index is 0.359. The van der Waals surface area contributed by atoms with Crippen LogP contribution in [0.4, 0.5) is 0 Å². The molecule has 3 heteroatoms. The Hall–Kier alpha value is -0.830. The Labute approximate surface area is 98.2 Å². The van der Waals surface area contributed by atoms with Crippen LogP contribution in [0.2, 0.25) is 0 Å². The molecule has 2 rings (SSSR count). The molecule has 0 spiro atoms. The minimum atomic E-state index is 0.359. The van der Waals surface area contributed by atoms with Crippen molar-refractivity contribution < 1.29 is 0 Å². The van der Waals surface area contributed by atoms with Gasteiger partial charge >= 0.3 is 0 Å². The lowest BCUT2D eigenvalue weighted by atomic mass is 9.71. The zero-order valence-corrected chi connectivity index (χ0v) is 10.8. The van der Waals surface area contributed by atoms with E-state index >= 15 is 0 Å². The maximum Gasteiger partial charge on any atom is 0.0677 e. The molecule has 2 unspecified atom stereocenters. The topological polar surface area (TPSA) is 29.9 Å². The lowest BCUT2D eigenvalue weighted by Crippen LogP contribution is -2.49. The van der Waals surface area contributed by atoms with Gasteiger partial charge in [0.15, 0.2) is 0 Å². The summed E-state index contributed by atoms with van der Waals surface area (Å²) in [7, 11) is 2.07. The van der Waals surface area contributed by atoms with Gasteiger partial charge in [-0.25, -0.2) is 0 Å². The molecule has 2 atom stereocenters. The van der Waals surface area contributed by atoms with Crippen molar-refractivity contribution in [3.05, 3.63) is 18.0 Å². The molecule has 1 aliphatic carbocycles. The highest BCUT2D eigenvalue weighted by molar-refractivity contribution is 5.03. The molecule has 1 N–H and O–H groups in total. The normalized spacial score (nSPS) is 29.2. The maximum absolute atomic E-state index is 4.48. The van der Waals surface area contributed by atoms with Crippen LogP contribution in [0.25, 0.3) is 0 Å². The second kappa shape index (κ2) is 4.21. The van der Waals surface area contributed by atoms with Gasteiger partial charge in [-0.2, -0.15) is 5.10 Å². The van der Waals surface area contributed by atoms with Gasteiger partial charge in [-0.3, -0.25) is 4.68 Å². The largest absolute Gasteiger partial charge is 0.314 e. The first kappa shape index (κ1) is 11.6. The van der Waals surface area contributed by atoms with E-state index in [9.17, 15) is 0 Å². The summed E-state index contributed by atoms with van der Waals surface area (Å²) in [5.74, 6) is 0. The minimum Gasteiger partial charge on any atom is -0.314 e. The molecule has 0 aliphatic heterocycles. The summed E-state index contributed by atoms with van der Waals surface area (Å²) in [6.45, 7) is 6.82. The van der Waals surface area contributed by atoms with Gasteiger partial charge in [0.2, 0.25) is 0 Å². The predicted molar refractivity (Wildman–Crippen MR) is 66.5 cm³/mol. The third kappa shape index (κ3) is 2.01. The molecule has 0 amide bonds. The molecule has 1 fully saturated rings. The van der Waals surface area contributed by atoms with E-state index in [2.05, 4.69) is 49.1 Å². The Balaban J connectivity index is 2.25. The van der Waals surface area contributed by atoms with E-state index < -0.39 is 0 Å². The average molecular weight is 221 g/mol. The average Bonchev–Trinajstić information content (AvgIpc) is 2.63. The predicted octanol–water partition coefficient (Wildman–Crippen LogP) is 2.53. The van der Waals surface area contributed by atoms with Crippen LogP contribution in [0.1, 0.15) is 44.7 Å². The van der Waals surface area contributed by atoms with Crippen LogP contribution in [0.15, 0.2) is 12.4 Å². The summed E-state index contributed by atoms with van der Waals surface area (Å²) in [6.07, 6.45) is 7.95. The first-order chi connectivity index (χ1) is 7.54. The van der Waals surface area contributed by atoms with Crippen LogP contribution < -0.4 is 5.32 Å². The Morgan fingerprint density at radius 3 is 2.81 bits per heavy atom. The fourth-order valence-electron chi connectivity index (χ4n) is 3.09. The van der Waals surface area contributed by atoms with Gasteiger partial charge in [-0.1, -0.05) is 20.3 Å². The first-order valence-corrected chi connectivity index (χ1v) is 6.22. The van der Waals surface area contributed by atoms with E-state index in [1.807, 2.05) is 6.20 Å². The lowest BCUT2D eigenvalue weighted by Gasteiger charge is -2.43. The van der Waals surface area contributed by atoms with Gasteiger partial charge in [0.05, 0.1) is 12.2 Å². The van der Waals surface area contributed by atoms with Crippen molar-refractivity contribution in [3.8, 4) is 0 Å². The molecule has 0 saturated heterocycles. The molecular weight excluding hydrogens is 198 g/mol. The lowest BCUT2D eigenvalue weighted by molar-refractivity contribution is 0.112. The summed E-state index contributed by atoms with van der Waals surface area (Å²) in [4.78, 5) is 0. The Kier molecular flexibility index (Phi) is 3.06. The van der Waals surface area contributed by atoms with E-state index in [0.717, 1.165) is 0 Å². The fraction of sp³-hybridized carbons (Fsp3) is 0.769. The molecular formula is C13H23N3. The molecule has 90 valence electrons. The van der Waals surface area contributed by atoms with Crippen molar-refractivity contribution in [3.63, 3.8) is 0 Å². The molecule has 3 nitrogen and oxygen atoms in total. The summed E-state index contributed by atoms with van der Waals surface area (Å²) in [5.41, 5.74) is 1.61. The van der Waals surface area contributed by atoms with Crippen LogP contribution in [0.5, 0.6) is 0 Å². The van der Waals surface area contributed by atoms with E-state index in [-0.39, 0.29) is 0 Å². The van der Waals surface area contributed by atoms with Gasteiger partial charge in [0, 0.05) is 12.2 Å². The molecule has 0 radical (unpaired) electrons. The SMILES string of the molecule is CNC1C(n2cc(C)cn2)CCCC1(C)C. The third-order valence-electron chi connectivity index (χ3n) is 3.93. The smallest absolute Gasteiger partial charge is 0.0677 e. The van der Waals surface area contributed by atoms with Crippen LogP contribution in [-0.2, 0) is 0 Å². The van der Waals surface area contributed by atoms with Crippen molar-refractivity contribution in [2.24, 2.45) is 5.41 Å². The third-order valence-corrected chi connectivity index (χ3v) is 3.93. The molecule has 0 bridgehead atoms. The monoisotopic (exact) mass is 221 g/mol. The fourth-order valence-corrected chi connectivity index (χ4v) is 3.09. The van der Waals surface area contributed by atoms with Crippen molar-refractivity contribution in [2.75, 3.05) is 7.05 Å². The summed E-state index contributed by atoms with van der Waals surface area (Å²) in [5, 5.41) is 7.97. The molecule has 1 aliphatic rings. The van der Waals surface area contributed by atoms with E-state index in [4.69, 9.17) is 0 Å². The van der Waals surface area contributed by atoms with E-state index in [0.29, 0.717) is 17.5 Å². The quantitative estimate of drug-likeness (QED) is 0.831. The highest BCUT2D eigenvalue weighted by Crippen LogP contribution is 2.40. The summed E-state index contributed by atoms with van der Waals surface area (Å²) in [6, 6.07) is 1.02. The van der Waals surface area contributed by atoms with Gasteiger partial charge in [0.25, 0.3) is 0 Å². The standard InChI is InChI=1S/C13H23N3/c1-10-8-15-16(9-10)11-6-5-7-13(2,3)12(11)14-4/h8-9,11-12,14H,5-7H2,1-4H3. The molecule has 1 saturated carbocycles. The van der Waals surface area contributed by atoms with Gasteiger partial charge in [-0.05, 0) is 37.8 Å². The molecule has 1 aromatic rings. The maximum atomic E-state index is 4.48. The number of aromatic nitrogens is 2. The Morgan fingerprint density at radius 2 is 2.25 bits per heavy atom. The van der Waals surface area contributed by atoms with Gasteiger partial charge < -0.3 is 5.32 Å². The number of hydrogen-bond donors (Lipinski definition) is 1. The van der Waals surface area contributed by atoms with Crippen LogP contribution in [0.3, 0.4) is 0 Å².